The summed E-state index contributed by atoms with van der Waals surface area (Å²) in [6, 6.07) is 50.0. The average molecular weight is 971 g/mol. The molecule has 2 aliphatic carbocycles. The highest BCUT2D eigenvalue weighted by Crippen LogP contribution is 2.45. The van der Waals surface area contributed by atoms with Crippen LogP contribution in [0.1, 0.15) is 107 Å². The van der Waals surface area contributed by atoms with Crippen LogP contribution in [0.2, 0.25) is 0 Å². The van der Waals surface area contributed by atoms with E-state index in [-0.39, 0.29) is 29.4 Å². The Labute approximate surface area is 406 Å². The topological polar surface area (TPSA) is 148 Å². The Morgan fingerprint density at radius 3 is 1.60 bits per heavy atom. The van der Waals surface area contributed by atoms with Gasteiger partial charge in [0.05, 0.1) is 72.7 Å². The van der Waals surface area contributed by atoms with Gasteiger partial charge in [-0.05, 0) is 134 Å². The van der Waals surface area contributed by atoms with Gasteiger partial charge >= 0.3 is 7.69 Å². The molecule has 2 saturated carbocycles. The minimum absolute atomic E-state index is 0.133. The lowest BCUT2D eigenvalue weighted by Gasteiger charge is -2.42. The van der Waals surface area contributed by atoms with Crippen molar-refractivity contribution in [1.29, 1.82) is 10.5 Å². The Morgan fingerprint density at radius 2 is 1.07 bits per heavy atom. The van der Waals surface area contributed by atoms with Gasteiger partial charge in [-0.15, -0.1) is 0 Å². The van der Waals surface area contributed by atoms with Gasteiger partial charge in [0.2, 0.25) is 0 Å². The van der Waals surface area contributed by atoms with Crippen LogP contribution >= 0.6 is 15.9 Å². The van der Waals surface area contributed by atoms with E-state index in [9.17, 15) is 9.59 Å². The number of hydrogen-bond donors (Lipinski definition) is 1. The summed E-state index contributed by atoms with van der Waals surface area (Å²) < 4.78 is 30.5. The summed E-state index contributed by atoms with van der Waals surface area (Å²) in [4.78, 5) is 25.7. The summed E-state index contributed by atoms with van der Waals surface area (Å²) in [6.45, 7) is 1.27. The van der Waals surface area contributed by atoms with E-state index in [2.05, 4.69) is 50.9 Å². The van der Waals surface area contributed by atoms with E-state index >= 15 is 0 Å². The quantitative estimate of drug-likeness (QED) is 0.139. The molecule has 0 saturated heterocycles. The van der Waals surface area contributed by atoms with Crippen LogP contribution in [0, 0.1) is 22.7 Å². The Balaban J connectivity index is 0.000000154. The minimum Gasteiger partial charge on any atom is -0.537 e. The highest BCUT2D eigenvalue weighted by Gasteiger charge is 2.45. The zero-order valence-corrected chi connectivity index (χ0v) is 39.2. The van der Waals surface area contributed by atoms with E-state index in [1.165, 1.54) is 17.2 Å². The fraction of sp³-hybridized carbons (Fsp3) is 0.286. The fourth-order valence-corrected chi connectivity index (χ4v) is 9.67. The monoisotopic (exact) mass is 969 g/mol. The van der Waals surface area contributed by atoms with Gasteiger partial charge in [0.25, 0.3) is 0 Å². The third-order valence-electron chi connectivity index (χ3n) is 13.0. The van der Waals surface area contributed by atoms with Crippen LogP contribution < -0.4 is 14.1 Å². The minimum atomic E-state index is -0.418. The summed E-state index contributed by atoms with van der Waals surface area (Å²) in [5.41, 5.74) is 5.91. The molecule has 2 heterocycles. The molecular formula is C56H51BBrN2O8. The van der Waals surface area contributed by atoms with Crippen LogP contribution in [-0.4, -0.2) is 47.7 Å². The number of nitriles is 2. The summed E-state index contributed by atoms with van der Waals surface area (Å²) in [5, 5.41) is 25.9. The summed E-state index contributed by atoms with van der Waals surface area (Å²) >= 11 is 3.43. The molecule has 0 unspecified atom stereocenters. The van der Waals surface area contributed by atoms with Gasteiger partial charge in [-0.25, -0.2) is 0 Å². The third kappa shape index (κ3) is 12.3. The second-order valence-electron chi connectivity index (χ2n) is 17.7. The van der Waals surface area contributed by atoms with Crippen LogP contribution in [0.5, 0.6) is 17.2 Å². The highest BCUT2D eigenvalue weighted by atomic mass is 79.9. The number of hydrogen-bond acceptors (Lipinski definition) is 10. The molecule has 12 heteroatoms. The van der Waals surface area contributed by atoms with Crippen molar-refractivity contribution in [3.8, 4) is 40.5 Å². The number of carbonyl (C=O) groups is 2. The molecule has 6 aromatic carbocycles. The number of benzene rings is 6. The van der Waals surface area contributed by atoms with Crippen LogP contribution in [0.25, 0.3) is 11.1 Å². The van der Waals surface area contributed by atoms with Crippen molar-refractivity contribution in [3.63, 3.8) is 0 Å². The zero-order chi connectivity index (χ0) is 47.4. The first-order valence-corrected chi connectivity index (χ1v) is 23.8. The van der Waals surface area contributed by atoms with Crippen molar-refractivity contribution in [1.82, 2.24) is 0 Å². The number of carbonyl (C=O) groups excluding carboxylic acids is 2. The van der Waals surface area contributed by atoms with Crippen LogP contribution in [0.15, 0.2) is 150 Å². The Hall–Kier alpha value is -6.54. The number of ether oxygens (including phenoxy) is 4. The van der Waals surface area contributed by atoms with Crippen molar-refractivity contribution in [3.05, 3.63) is 183 Å². The van der Waals surface area contributed by atoms with E-state index in [0.717, 1.165) is 72.7 Å². The van der Waals surface area contributed by atoms with Crippen molar-refractivity contribution in [2.24, 2.45) is 0 Å². The number of fused-ring (bicyclic) bond motifs is 2. The molecule has 10 rings (SSSR count). The van der Waals surface area contributed by atoms with E-state index < -0.39 is 5.60 Å². The lowest BCUT2D eigenvalue weighted by Crippen LogP contribution is -2.46. The van der Waals surface area contributed by atoms with Gasteiger partial charge in [0.1, 0.15) is 28.5 Å². The van der Waals surface area contributed by atoms with Crippen molar-refractivity contribution in [2.75, 3.05) is 0 Å². The van der Waals surface area contributed by atoms with Gasteiger partial charge in [-0.1, -0.05) is 101 Å². The number of ketones is 2. The van der Waals surface area contributed by atoms with Gasteiger partial charge in [-0.2, -0.15) is 10.5 Å². The predicted octanol–water partition coefficient (Wildman–Crippen LogP) is 11.9. The maximum atomic E-state index is 13.1. The SMILES string of the molecule is N#Cc1cccc(-c2ccc3c(c2)C(=O)CC2(CCC(OCc4ccccc4)CC2)O3)c1.N#Cc1cccc(O[B]O)c1.O=C1CC2(CCC(OCc3ccccc3)CC2)Oc2ccc(Br)cc21. The molecule has 6 aromatic rings. The van der Waals surface area contributed by atoms with Crippen molar-refractivity contribution >= 4 is 35.2 Å². The molecule has 1 N–H and O–H groups in total. The molecule has 2 aliphatic heterocycles. The van der Waals surface area contributed by atoms with Gasteiger partial charge < -0.3 is 28.6 Å². The van der Waals surface area contributed by atoms with Gasteiger partial charge in [-0.3, -0.25) is 9.59 Å². The van der Waals surface area contributed by atoms with E-state index in [4.69, 9.17) is 34.5 Å². The molecule has 0 bridgehead atoms. The number of Topliss-reactive ketones (excluding diaryl/α,β-unsaturated/α-hetero) is 2. The van der Waals surface area contributed by atoms with Crippen LogP contribution in [0.3, 0.4) is 0 Å². The largest absolute Gasteiger partial charge is 0.569 e. The lowest BCUT2D eigenvalue weighted by molar-refractivity contribution is -0.0508. The standard InChI is InChI=1S/C28H25NO3.C21H21BrO3.C7H5BNO2/c29-18-21-7-4-8-22(15-21)23-9-10-27-25(16-23)26(30)17-28(32-27)13-11-24(12-14-28)31-19-20-5-2-1-3-6-20;22-16-6-7-20-18(12-16)19(23)13-21(25-20)10-8-17(9-11-21)24-14-15-4-2-1-3-5-15;9-5-6-2-1-3-7(4-6)11-8-10/h1-10,15-16,24H,11-14,17,19H2;1-7,12,17H,8-11,13-14H2;1-4,10H. The predicted molar refractivity (Wildman–Crippen MR) is 262 cm³/mol. The third-order valence-corrected chi connectivity index (χ3v) is 13.5. The van der Waals surface area contributed by atoms with Crippen LogP contribution in [-0.2, 0) is 22.7 Å². The Morgan fingerprint density at radius 1 is 0.588 bits per heavy atom. The summed E-state index contributed by atoms with van der Waals surface area (Å²) in [5.74, 6) is 2.17. The number of nitrogens with zero attached hydrogens (tertiary/aromatic N) is 2. The van der Waals surface area contributed by atoms with Gasteiger partial charge in [0, 0.05) is 4.47 Å². The zero-order valence-electron chi connectivity index (χ0n) is 37.7. The lowest BCUT2D eigenvalue weighted by atomic mass is 9.77. The highest BCUT2D eigenvalue weighted by molar-refractivity contribution is 9.10. The maximum absolute atomic E-state index is 13.1. The number of rotatable bonds is 9. The van der Waals surface area contributed by atoms with Crippen molar-refractivity contribution < 1.29 is 38.2 Å². The maximum Gasteiger partial charge on any atom is 0.569 e. The molecule has 68 heavy (non-hydrogen) atoms. The molecule has 0 amide bonds. The first kappa shape index (κ1) is 47.9. The fourth-order valence-electron chi connectivity index (χ4n) is 9.31. The van der Waals surface area contributed by atoms with Gasteiger partial charge in [0.15, 0.2) is 11.6 Å². The molecule has 343 valence electrons. The van der Waals surface area contributed by atoms with Crippen molar-refractivity contribution in [2.45, 2.75) is 101 Å². The summed E-state index contributed by atoms with van der Waals surface area (Å²) in [7, 11) is 0.580. The smallest absolute Gasteiger partial charge is 0.537 e. The first-order chi connectivity index (χ1) is 33.1. The molecule has 2 spiro atoms. The second-order valence-corrected chi connectivity index (χ2v) is 18.6. The summed E-state index contributed by atoms with van der Waals surface area (Å²) in [6.07, 6.45) is 8.39. The first-order valence-electron chi connectivity index (χ1n) is 23.0. The van der Waals surface area contributed by atoms with E-state index in [1.807, 2.05) is 97.1 Å². The normalized spacial score (nSPS) is 21.1. The Kier molecular flexibility index (Phi) is 15.9. The number of halogens is 1. The van der Waals surface area contributed by atoms with Crippen LogP contribution in [0.4, 0.5) is 0 Å². The average Bonchev–Trinajstić information content (AvgIpc) is 3.37. The molecule has 0 aromatic heterocycles. The molecule has 1 radical (unpaired) electrons. The Bertz CT molecular complexity index is 2780. The molecular weight excluding hydrogens is 919 g/mol. The molecule has 10 nitrogen and oxygen atoms in total. The molecule has 2 fully saturated rings. The van der Waals surface area contributed by atoms with E-state index in [0.29, 0.717) is 67.5 Å². The molecule has 0 atom stereocenters. The molecule has 4 aliphatic rings. The van der Waals surface area contributed by atoms with E-state index in [1.54, 1.807) is 24.3 Å². The second kappa shape index (κ2) is 22.5.